The van der Waals surface area contributed by atoms with Crippen LogP contribution >= 0.6 is 0 Å². The molecule has 0 aliphatic carbocycles. The van der Waals surface area contributed by atoms with Crippen LogP contribution < -0.4 is 4.74 Å². The number of carbonyl (C=O) groups excluding carboxylic acids is 1. The van der Waals surface area contributed by atoms with E-state index in [9.17, 15) is 9.90 Å². The Labute approximate surface area is 153 Å². The van der Waals surface area contributed by atoms with Crippen LogP contribution in [0, 0.1) is 11.3 Å². The van der Waals surface area contributed by atoms with Crippen LogP contribution in [-0.2, 0) is 5.60 Å². The van der Waals surface area contributed by atoms with Crippen LogP contribution in [0.1, 0.15) is 41.3 Å². The Morgan fingerprint density at radius 1 is 1.31 bits per heavy atom. The van der Waals surface area contributed by atoms with Crippen LogP contribution in [0.3, 0.4) is 0 Å². The summed E-state index contributed by atoms with van der Waals surface area (Å²) in [6, 6.07) is 15.7. The van der Waals surface area contributed by atoms with Crippen molar-refractivity contribution in [3.8, 4) is 11.8 Å². The van der Waals surface area contributed by atoms with Crippen molar-refractivity contribution >= 4 is 5.91 Å². The highest BCUT2D eigenvalue weighted by atomic mass is 16.5. The van der Waals surface area contributed by atoms with Gasteiger partial charge in [0.05, 0.1) is 24.8 Å². The summed E-state index contributed by atoms with van der Waals surface area (Å²) in [5.41, 5.74) is 0.495. The highest BCUT2D eigenvalue weighted by molar-refractivity contribution is 5.95. The van der Waals surface area contributed by atoms with Gasteiger partial charge in [0, 0.05) is 12.1 Å². The maximum absolute atomic E-state index is 13.0. The molecule has 0 spiro atoms. The van der Waals surface area contributed by atoms with E-state index in [0.29, 0.717) is 17.7 Å². The van der Waals surface area contributed by atoms with E-state index in [4.69, 9.17) is 10.00 Å². The molecule has 1 fully saturated rings. The summed E-state index contributed by atoms with van der Waals surface area (Å²) in [5.74, 6) is 0.565. The van der Waals surface area contributed by atoms with E-state index >= 15 is 0 Å². The molecule has 1 aliphatic rings. The fourth-order valence-corrected chi connectivity index (χ4v) is 3.60. The lowest BCUT2D eigenvalue weighted by Crippen LogP contribution is -2.48. The molecule has 0 bridgehead atoms. The third kappa shape index (κ3) is 3.29. The second-order valence-electron chi connectivity index (χ2n) is 6.73. The number of hydrogen-bond acceptors (Lipinski definition) is 4. The van der Waals surface area contributed by atoms with Crippen LogP contribution in [0.4, 0.5) is 0 Å². The molecule has 5 heteroatoms. The minimum atomic E-state index is -1.18. The van der Waals surface area contributed by atoms with Crippen molar-refractivity contribution in [3.63, 3.8) is 0 Å². The van der Waals surface area contributed by atoms with Gasteiger partial charge in [-0.2, -0.15) is 5.26 Å². The molecule has 0 saturated carbocycles. The van der Waals surface area contributed by atoms with E-state index in [0.717, 1.165) is 24.2 Å². The van der Waals surface area contributed by atoms with Gasteiger partial charge in [-0.05, 0) is 55.7 Å². The molecular formula is C21H22N2O3. The quantitative estimate of drug-likeness (QED) is 0.920. The Morgan fingerprint density at radius 2 is 2.04 bits per heavy atom. The molecule has 1 N–H and O–H groups in total. The van der Waals surface area contributed by atoms with E-state index < -0.39 is 5.60 Å². The number of nitriles is 1. The SMILES string of the molecule is COc1ccc(C(C)(O)C2CCCN2C(=O)c2cccc(C#N)c2)cc1. The molecule has 1 aliphatic heterocycles. The average Bonchev–Trinajstić information content (AvgIpc) is 3.18. The summed E-state index contributed by atoms with van der Waals surface area (Å²) >= 11 is 0. The molecular weight excluding hydrogens is 328 g/mol. The first-order chi connectivity index (χ1) is 12.5. The fourth-order valence-electron chi connectivity index (χ4n) is 3.60. The van der Waals surface area contributed by atoms with Crippen LogP contribution in [-0.4, -0.2) is 35.6 Å². The summed E-state index contributed by atoms with van der Waals surface area (Å²) < 4.78 is 5.17. The Balaban J connectivity index is 1.88. The van der Waals surface area contributed by atoms with Crippen LogP contribution in [0.5, 0.6) is 5.75 Å². The molecule has 3 rings (SSSR count). The summed E-state index contributed by atoms with van der Waals surface area (Å²) in [4.78, 5) is 14.7. The monoisotopic (exact) mass is 350 g/mol. The van der Waals surface area contributed by atoms with Gasteiger partial charge in [-0.25, -0.2) is 0 Å². The first kappa shape index (κ1) is 18.0. The lowest BCUT2D eigenvalue weighted by atomic mass is 9.86. The van der Waals surface area contributed by atoms with Crippen molar-refractivity contribution in [2.45, 2.75) is 31.4 Å². The number of rotatable bonds is 4. The van der Waals surface area contributed by atoms with Gasteiger partial charge < -0.3 is 14.7 Å². The topological polar surface area (TPSA) is 73.6 Å². The maximum atomic E-state index is 13.0. The first-order valence-corrected chi connectivity index (χ1v) is 8.65. The van der Waals surface area contributed by atoms with Crippen molar-refractivity contribution in [1.82, 2.24) is 4.90 Å². The molecule has 1 saturated heterocycles. The van der Waals surface area contributed by atoms with Gasteiger partial charge in [0.1, 0.15) is 11.4 Å². The Hall–Kier alpha value is -2.84. The minimum Gasteiger partial charge on any atom is -0.497 e. The van der Waals surface area contributed by atoms with E-state index in [-0.39, 0.29) is 11.9 Å². The zero-order valence-electron chi connectivity index (χ0n) is 15.0. The van der Waals surface area contributed by atoms with Gasteiger partial charge in [-0.15, -0.1) is 0 Å². The van der Waals surface area contributed by atoms with Crippen molar-refractivity contribution < 1.29 is 14.6 Å². The normalized spacial score (nSPS) is 18.8. The van der Waals surface area contributed by atoms with E-state index in [1.54, 1.807) is 55.3 Å². The average molecular weight is 350 g/mol. The number of likely N-dealkylation sites (tertiary alicyclic amines) is 1. The van der Waals surface area contributed by atoms with E-state index in [2.05, 4.69) is 6.07 Å². The van der Waals surface area contributed by atoms with Crippen LogP contribution in [0.25, 0.3) is 0 Å². The number of nitrogens with zero attached hydrogens (tertiary/aromatic N) is 2. The van der Waals surface area contributed by atoms with Crippen molar-refractivity contribution in [2.24, 2.45) is 0 Å². The second-order valence-corrected chi connectivity index (χ2v) is 6.73. The lowest BCUT2D eigenvalue weighted by molar-refractivity contribution is -0.0177. The first-order valence-electron chi connectivity index (χ1n) is 8.65. The highest BCUT2D eigenvalue weighted by Crippen LogP contribution is 2.36. The Bertz CT molecular complexity index is 837. The fraction of sp³-hybridized carbons (Fsp3) is 0.333. The molecule has 1 amide bonds. The molecule has 1 heterocycles. The summed E-state index contributed by atoms with van der Waals surface area (Å²) in [6.07, 6.45) is 1.56. The second kappa shape index (κ2) is 7.19. The van der Waals surface area contributed by atoms with Crippen molar-refractivity contribution in [2.75, 3.05) is 13.7 Å². The van der Waals surface area contributed by atoms with Gasteiger partial charge in [0.25, 0.3) is 5.91 Å². The molecule has 2 atom stereocenters. The van der Waals surface area contributed by atoms with Crippen LogP contribution in [0.15, 0.2) is 48.5 Å². The Morgan fingerprint density at radius 3 is 2.69 bits per heavy atom. The predicted octanol–water partition coefficient (Wildman–Crippen LogP) is 3.08. The molecule has 0 aromatic heterocycles. The van der Waals surface area contributed by atoms with E-state index in [1.165, 1.54) is 0 Å². The van der Waals surface area contributed by atoms with E-state index in [1.807, 2.05) is 12.1 Å². The number of hydrogen-bond donors (Lipinski definition) is 1. The van der Waals surface area contributed by atoms with Gasteiger partial charge in [-0.3, -0.25) is 4.79 Å². The number of ether oxygens (including phenoxy) is 1. The molecule has 2 aromatic carbocycles. The molecule has 134 valence electrons. The summed E-state index contributed by atoms with van der Waals surface area (Å²) in [6.45, 7) is 2.34. The molecule has 5 nitrogen and oxygen atoms in total. The van der Waals surface area contributed by atoms with Gasteiger partial charge >= 0.3 is 0 Å². The number of benzene rings is 2. The number of amides is 1. The smallest absolute Gasteiger partial charge is 0.254 e. The summed E-state index contributed by atoms with van der Waals surface area (Å²) in [7, 11) is 1.60. The van der Waals surface area contributed by atoms with Gasteiger partial charge in [0.15, 0.2) is 0 Å². The molecule has 2 unspecified atom stereocenters. The zero-order valence-corrected chi connectivity index (χ0v) is 15.0. The molecule has 26 heavy (non-hydrogen) atoms. The zero-order chi connectivity index (χ0) is 18.7. The number of methoxy groups -OCH3 is 1. The number of carbonyl (C=O) groups is 1. The van der Waals surface area contributed by atoms with Crippen LogP contribution in [0.2, 0.25) is 0 Å². The third-order valence-corrected chi connectivity index (χ3v) is 5.08. The minimum absolute atomic E-state index is 0.154. The third-order valence-electron chi connectivity index (χ3n) is 5.08. The molecule has 2 aromatic rings. The van der Waals surface area contributed by atoms with Crippen molar-refractivity contribution in [3.05, 3.63) is 65.2 Å². The molecule has 0 radical (unpaired) electrons. The maximum Gasteiger partial charge on any atom is 0.254 e. The van der Waals surface area contributed by atoms with Gasteiger partial charge in [0.2, 0.25) is 0 Å². The standard InChI is InChI=1S/C21H22N2O3/c1-21(25,17-8-10-18(26-2)11-9-17)19-7-4-12-23(19)20(24)16-6-3-5-15(13-16)14-22/h3,5-6,8-11,13,19,25H,4,7,12H2,1-2H3. The highest BCUT2D eigenvalue weighted by Gasteiger charge is 2.42. The van der Waals surface area contributed by atoms with Gasteiger partial charge in [-0.1, -0.05) is 18.2 Å². The largest absolute Gasteiger partial charge is 0.497 e. The number of aliphatic hydroxyl groups is 1. The predicted molar refractivity (Wildman–Crippen MR) is 97.8 cm³/mol. The summed E-state index contributed by atoms with van der Waals surface area (Å²) in [5, 5.41) is 20.3. The lowest BCUT2D eigenvalue weighted by Gasteiger charge is -2.37. The Kier molecular flexibility index (Phi) is 4.97. The van der Waals surface area contributed by atoms with Crippen molar-refractivity contribution in [1.29, 1.82) is 5.26 Å².